The van der Waals surface area contributed by atoms with Crippen molar-refractivity contribution in [2.75, 3.05) is 5.75 Å². The van der Waals surface area contributed by atoms with E-state index in [1.54, 1.807) is 0 Å². The van der Waals surface area contributed by atoms with Crippen LogP contribution in [0.2, 0.25) is 0 Å². The molecule has 1 fully saturated rings. The van der Waals surface area contributed by atoms with Gasteiger partial charge in [0.25, 0.3) is 0 Å². The molecule has 0 spiro atoms. The molecule has 0 aromatic carbocycles. The van der Waals surface area contributed by atoms with Gasteiger partial charge < -0.3 is 9.84 Å². The molecule has 1 aliphatic heterocycles. The van der Waals surface area contributed by atoms with Crippen molar-refractivity contribution in [2.45, 2.75) is 58.3 Å². The average molecular weight is 218 g/mol. The molecule has 1 rings (SSSR count). The van der Waals surface area contributed by atoms with E-state index in [-0.39, 0.29) is 23.7 Å². The molecular weight excluding hydrogens is 196 g/mol. The Kier molecular flexibility index (Phi) is 4.29. The minimum absolute atomic E-state index is 0.0277. The molecule has 3 atom stereocenters. The lowest BCUT2D eigenvalue weighted by atomic mass is 9.83. The van der Waals surface area contributed by atoms with Gasteiger partial charge in [-0.25, -0.2) is 0 Å². The van der Waals surface area contributed by atoms with Crippen molar-refractivity contribution in [2.24, 2.45) is 5.41 Å². The third kappa shape index (κ3) is 3.44. The van der Waals surface area contributed by atoms with Crippen molar-refractivity contribution in [1.29, 1.82) is 0 Å². The van der Waals surface area contributed by atoms with Crippen LogP contribution >= 0.6 is 12.6 Å². The number of aliphatic hydroxyl groups excluding tert-OH is 1. The first kappa shape index (κ1) is 12.3. The number of rotatable bonds is 4. The fourth-order valence-corrected chi connectivity index (χ4v) is 2.68. The minimum atomic E-state index is -0.274. The van der Waals surface area contributed by atoms with Crippen LogP contribution in [0.1, 0.15) is 40.0 Å². The molecule has 0 aromatic heterocycles. The van der Waals surface area contributed by atoms with Gasteiger partial charge in [0.15, 0.2) is 0 Å². The summed E-state index contributed by atoms with van der Waals surface area (Å²) in [5.74, 6) is 0.894. The Morgan fingerprint density at radius 2 is 2.14 bits per heavy atom. The molecule has 0 radical (unpaired) electrons. The molecule has 2 nitrogen and oxygen atoms in total. The smallest absolute Gasteiger partial charge is 0.0843 e. The second-order valence-corrected chi connectivity index (χ2v) is 5.58. The van der Waals surface area contributed by atoms with Crippen LogP contribution in [-0.4, -0.2) is 29.2 Å². The maximum Gasteiger partial charge on any atom is 0.0843 e. The van der Waals surface area contributed by atoms with Gasteiger partial charge in [-0.1, -0.05) is 13.8 Å². The largest absolute Gasteiger partial charge is 0.390 e. The molecule has 0 amide bonds. The predicted molar refractivity (Wildman–Crippen MR) is 61.8 cm³/mol. The highest BCUT2D eigenvalue weighted by Gasteiger charge is 2.35. The molecular formula is C11H22O2S. The first-order chi connectivity index (χ1) is 6.44. The molecule has 0 unspecified atom stereocenters. The standard InChI is InChI=1S/C11H22O2S/c1-8-6-9(12)10(13-8)7-11(2,3)4-5-14/h8-10,12,14H,4-7H2,1-3H3/t8-,9-,10+/m1/s1. The summed E-state index contributed by atoms with van der Waals surface area (Å²) in [6.45, 7) is 6.44. The molecule has 1 saturated heterocycles. The SMILES string of the molecule is C[C@@H]1C[C@@H](O)[C@H](CC(C)(C)CCS)O1. The lowest BCUT2D eigenvalue weighted by Gasteiger charge is -2.28. The van der Waals surface area contributed by atoms with Gasteiger partial charge in [-0.2, -0.15) is 12.6 Å². The maximum atomic E-state index is 9.75. The van der Waals surface area contributed by atoms with E-state index < -0.39 is 0 Å². The molecule has 14 heavy (non-hydrogen) atoms. The quantitative estimate of drug-likeness (QED) is 0.709. The van der Waals surface area contributed by atoms with Crippen LogP contribution in [0.5, 0.6) is 0 Å². The Morgan fingerprint density at radius 3 is 2.57 bits per heavy atom. The van der Waals surface area contributed by atoms with Crippen molar-refractivity contribution in [3.8, 4) is 0 Å². The van der Waals surface area contributed by atoms with Crippen LogP contribution in [0.4, 0.5) is 0 Å². The Labute approximate surface area is 92.4 Å². The van der Waals surface area contributed by atoms with Crippen LogP contribution < -0.4 is 0 Å². The summed E-state index contributed by atoms with van der Waals surface area (Å²) < 4.78 is 5.68. The monoisotopic (exact) mass is 218 g/mol. The van der Waals surface area contributed by atoms with Crippen molar-refractivity contribution in [3.63, 3.8) is 0 Å². The maximum absolute atomic E-state index is 9.75. The highest BCUT2D eigenvalue weighted by atomic mass is 32.1. The summed E-state index contributed by atoms with van der Waals surface area (Å²) in [5.41, 5.74) is 0.220. The van der Waals surface area contributed by atoms with E-state index in [0.717, 1.165) is 25.0 Å². The van der Waals surface area contributed by atoms with Gasteiger partial charge in [-0.3, -0.25) is 0 Å². The fourth-order valence-electron chi connectivity index (χ4n) is 2.07. The zero-order valence-corrected chi connectivity index (χ0v) is 10.3. The summed E-state index contributed by atoms with van der Waals surface area (Å²) in [6.07, 6.45) is 2.74. The Morgan fingerprint density at radius 1 is 1.50 bits per heavy atom. The zero-order valence-electron chi connectivity index (χ0n) is 9.36. The highest BCUT2D eigenvalue weighted by molar-refractivity contribution is 7.80. The van der Waals surface area contributed by atoms with Gasteiger partial charge in [0.2, 0.25) is 0 Å². The summed E-state index contributed by atoms with van der Waals surface area (Å²) in [7, 11) is 0. The van der Waals surface area contributed by atoms with Crippen molar-refractivity contribution < 1.29 is 9.84 Å². The normalized spacial score (nSPS) is 33.6. The van der Waals surface area contributed by atoms with Gasteiger partial charge in [0, 0.05) is 6.42 Å². The molecule has 84 valence electrons. The summed E-state index contributed by atoms with van der Waals surface area (Å²) in [6, 6.07) is 0. The third-order valence-electron chi connectivity index (χ3n) is 2.95. The predicted octanol–water partition coefficient (Wildman–Crippen LogP) is 2.26. The second kappa shape index (κ2) is 4.86. The molecule has 0 aliphatic carbocycles. The van der Waals surface area contributed by atoms with E-state index >= 15 is 0 Å². The lowest BCUT2D eigenvalue weighted by Crippen LogP contribution is -2.28. The van der Waals surface area contributed by atoms with Crippen LogP contribution in [0.15, 0.2) is 0 Å². The Balaban J connectivity index is 2.43. The summed E-state index contributed by atoms with van der Waals surface area (Å²) >= 11 is 4.25. The van der Waals surface area contributed by atoms with Gasteiger partial charge in [-0.15, -0.1) is 0 Å². The van der Waals surface area contributed by atoms with Crippen LogP contribution in [0.25, 0.3) is 0 Å². The molecule has 1 heterocycles. The molecule has 0 saturated carbocycles. The number of thiol groups is 1. The van der Waals surface area contributed by atoms with Gasteiger partial charge in [-0.05, 0) is 30.9 Å². The molecule has 0 bridgehead atoms. The Hall–Kier alpha value is 0.270. The van der Waals surface area contributed by atoms with Crippen LogP contribution in [0.3, 0.4) is 0 Å². The summed E-state index contributed by atoms with van der Waals surface area (Å²) in [4.78, 5) is 0. The van der Waals surface area contributed by atoms with E-state index in [9.17, 15) is 5.11 Å². The average Bonchev–Trinajstić information content (AvgIpc) is 2.28. The zero-order chi connectivity index (χ0) is 10.8. The molecule has 0 aromatic rings. The van der Waals surface area contributed by atoms with Gasteiger partial charge >= 0.3 is 0 Å². The third-order valence-corrected chi connectivity index (χ3v) is 3.18. The van der Waals surface area contributed by atoms with Gasteiger partial charge in [0.05, 0.1) is 18.3 Å². The van der Waals surface area contributed by atoms with E-state index in [1.807, 2.05) is 6.92 Å². The Bertz CT molecular complexity index is 182. The molecule has 1 aliphatic rings. The topological polar surface area (TPSA) is 29.5 Å². The van der Waals surface area contributed by atoms with E-state index in [1.165, 1.54) is 0 Å². The number of ether oxygens (including phenoxy) is 1. The van der Waals surface area contributed by atoms with Crippen LogP contribution in [0, 0.1) is 5.41 Å². The van der Waals surface area contributed by atoms with E-state index in [0.29, 0.717) is 0 Å². The first-order valence-corrected chi connectivity index (χ1v) is 6.02. The molecule has 3 heteroatoms. The van der Waals surface area contributed by atoms with Crippen molar-refractivity contribution in [1.82, 2.24) is 0 Å². The highest BCUT2D eigenvalue weighted by Crippen LogP contribution is 2.33. The van der Waals surface area contributed by atoms with E-state index in [4.69, 9.17) is 4.74 Å². The minimum Gasteiger partial charge on any atom is -0.390 e. The molecule has 1 N–H and O–H groups in total. The number of hydrogen-bond acceptors (Lipinski definition) is 3. The lowest BCUT2D eigenvalue weighted by molar-refractivity contribution is -0.0100. The van der Waals surface area contributed by atoms with Gasteiger partial charge in [0.1, 0.15) is 0 Å². The van der Waals surface area contributed by atoms with Crippen LogP contribution in [-0.2, 0) is 4.74 Å². The summed E-state index contributed by atoms with van der Waals surface area (Å²) in [5, 5.41) is 9.75. The fraction of sp³-hybridized carbons (Fsp3) is 1.00. The number of aliphatic hydroxyl groups is 1. The van der Waals surface area contributed by atoms with Crippen molar-refractivity contribution in [3.05, 3.63) is 0 Å². The second-order valence-electron chi connectivity index (χ2n) is 5.13. The number of hydrogen-bond donors (Lipinski definition) is 2. The van der Waals surface area contributed by atoms with Crippen molar-refractivity contribution >= 4 is 12.6 Å². The first-order valence-electron chi connectivity index (χ1n) is 5.39. The van der Waals surface area contributed by atoms with E-state index in [2.05, 4.69) is 26.5 Å².